The second-order valence-electron chi connectivity index (χ2n) is 3.92. The Morgan fingerprint density at radius 3 is 2.39 bits per heavy atom. The Balaban J connectivity index is 2.95. The Kier molecular flexibility index (Phi) is 5.17. The molecule has 0 aliphatic heterocycles. The smallest absolute Gasteiger partial charge is 0.221 e. The molecule has 1 aromatic rings. The van der Waals surface area contributed by atoms with Crippen molar-refractivity contribution >= 4 is 23.2 Å². The van der Waals surface area contributed by atoms with Crippen LogP contribution in [0.15, 0.2) is 18.2 Å². The van der Waals surface area contributed by atoms with Crippen molar-refractivity contribution in [1.29, 1.82) is 0 Å². The highest BCUT2D eigenvalue weighted by molar-refractivity contribution is 5.93. The number of ether oxygens (including phenoxy) is 1. The van der Waals surface area contributed by atoms with E-state index in [1.807, 2.05) is 6.92 Å². The highest BCUT2D eigenvalue weighted by Gasteiger charge is 2.07. The first-order chi connectivity index (χ1) is 8.52. The lowest BCUT2D eigenvalue weighted by Crippen LogP contribution is -2.10. The van der Waals surface area contributed by atoms with Gasteiger partial charge in [0.05, 0.1) is 12.3 Å². The van der Waals surface area contributed by atoms with E-state index in [0.29, 0.717) is 23.7 Å². The number of hydrogen-bond donors (Lipinski definition) is 2. The monoisotopic (exact) mass is 250 g/mol. The first-order valence-corrected chi connectivity index (χ1v) is 5.85. The topological polar surface area (TPSA) is 67.4 Å². The number of nitrogens with one attached hydrogen (secondary N) is 2. The molecule has 0 atom stereocenters. The van der Waals surface area contributed by atoms with Crippen LogP contribution in [0.25, 0.3) is 0 Å². The summed E-state index contributed by atoms with van der Waals surface area (Å²) in [6.07, 6.45) is 0.882. The van der Waals surface area contributed by atoms with Crippen molar-refractivity contribution in [1.82, 2.24) is 0 Å². The minimum Gasteiger partial charge on any atom is -0.491 e. The molecule has 0 aliphatic rings. The molecule has 5 nitrogen and oxygen atoms in total. The van der Waals surface area contributed by atoms with Gasteiger partial charge in [-0.05, 0) is 24.6 Å². The van der Waals surface area contributed by atoms with Gasteiger partial charge in [-0.15, -0.1) is 0 Å². The SMILES string of the molecule is CCCOc1ccc(NC(C)=O)cc1NC(C)=O. The Hall–Kier alpha value is -2.04. The van der Waals surface area contributed by atoms with Crippen LogP contribution in [0.1, 0.15) is 27.2 Å². The van der Waals surface area contributed by atoms with E-state index in [1.165, 1.54) is 13.8 Å². The Bertz CT molecular complexity index is 444. The first-order valence-electron chi connectivity index (χ1n) is 5.85. The molecular weight excluding hydrogens is 232 g/mol. The van der Waals surface area contributed by atoms with Crippen LogP contribution in [0.5, 0.6) is 5.75 Å². The molecule has 0 aliphatic carbocycles. The molecule has 1 aromatic carbocycles. The van der Waals surface area contributed by atoms with Gasteiger partial charge in [0.25, 0.3) is 0 Å². The van der Waals surface area contributed by atoms with E-state index >= 15 is 0 Å². The molecule has 0 heterocycles. The van der Waals surface area contributed by atoms with Gasteiger partial charge in [0.15, 0.2) is 0 Å². The first kappa shape index (κ1) is 14.0. The maximum atomic E-state index is 11.1. The second-order valence-corrected chi connectivity index (χ2v) is 3.92. The van der Waals surface area contributed by atoms with Gasteiger partial charge < -0.3 is 15.4 Å². The molecule has 2 amide bonds. The molecule has 0 unspecified atom stereocenters. The molecule has 98 valence electrons. The predicted octanol–water partition coefficient (Wildman–Crippen LogP) is 2.39. The summed E-state index contributed by atoms with van der Waals surface area (Å²) in [4.78, 5) is 22.1. The lowest BCUT2D eigenvalue weighted by molar-refractivity contribution is -0.115. The minimum absolute atomic E-state index is 0.161. The molecule has 2 N–H and O–H groups in total. The lowest BCUT2D eigenvalue weighted by Gasteiger charge is -2.13. The maximum absolute atomic E-state index is 11.1. The fraction of sp³-hybridized carbons (Fsp3) is 0.385. The number of carbonyl (C=O) groups excluding carboxylic acids is 2. The van der Waals surface area contributed by atoms with Crippen molar-refractivity contribution < 1.29 is 14.3 Å². The van der Waals surface area contributed by atoms with E-state index in [0.717, 1.165) is 6.42 Å². The Morgan fingerprint density at radius 1 is 1.17 bits per heavy atom. The highest BCUT2D eigenvalue weighted by atomic mass is 16.5. The number of benzene rings is 1. The molecule has 1 rings (SSSR count). The third-order valence-electron chi connectivity index (χ3n) is 2.07. The van der Waals surface area contributed by atoms with Crippen LogP contribution in [0.2, 0.25) is 0 Å². The van der Waals surface area contributed by atoms with Crippen LogP contribution in [0, 0.1) is 0 Å². The predicted molar refractivity (Wildman–Crippen MR) is 70.8 cm³/mol. The molecule has 0 saturated heterocycles. The molecule has 5 heteroatoms. The van der Waals surface area contributed by atoms with E-state index in [-0.39, 0.29) is 11.8 Å². The lowest BCUT2D eigenvalue weighted by atomic mass is 10.2. The largest absolute Gasteiger partial charge is 0.491 e. The van der Waals surface area contributed by atoms with Crippen LogP contribution in [-0.2, 0) is 9.59 Å². The standard InChI is InChI=1S/C13H18N2O3/c1-4-7-18-13-6-5-11(14-9(2)16)8-12(13)15-10(3)17/h5-6,8H,4,7H2,1-3H3,(H,14,16)(H,15,17). The number of amides is 2. The summed E-state index contributed by atoms with van der Waals surface area (Å²) in [6, 6.07) is 5.14. The van der Waals surface area contributed by atoms with Crippen LogP contribution >= 0.6 is 0 Å². The molecular formula is C13H18N2O3. The van der Waals surface area contributed by atoms with Crippen molar-refractivity contribution in [2.45, 2.75) is 27.2 Å². The van der Waals surface area contributed by atoms with E-state index in [2.05, 4.69) is 10.6 Å². The molecule has 0 bridgehead atoms. The van der Waals surface area contributed by atoms with Gasteiger partial charge in [-0.25, -0.2) is 0 Å². The van der Waals surface area contributed by atoms with Gasteiger partial charge in [-0.2, -0.15) is 0 Å². The molecule has 0 fully saturated rings. The van der Waals surface area contributed by atoms with Gasteiger partial charge in [-0.3, -0.25) is 9.59 Å². The van der Waals surface area contributed by atoms with Gasteiger partial charge >= 0.3 is 0 Å². The number of hydrogen-bond acceptors (Lipinski definition) is 3. The molecule has 0 radical (unpaired) electrons. The Labute approximate surface area is 107 Å². The third-order valence-corrected chi connectivity index (χ3v) is 2.07. The maximum Gasteiger partial charge on any atom is 0.221 e. The number of rotatable bonds is 5. The van der Waals surface area contributed by atoms with Gasteiger partial charge in [0.1, 0.15) is 5.75 Å². The summed E-state index contributed by atoms with van der Waals surface area (Å²) in [7, 11) is 0. The number of anilines is 2. The van der Waals surface area contributed by atoms with Crippen LogP contribution in [0.3, 0.4) is 0 Å². The van der Waals surface area contributed by atoms with Gasteiger partial charge in [-0.1, -0.05) is 6.92 Å². The van der Waals surface area contributed by atoms with Crippen LogP contribution in [-0.4, -0.2) is 18.4 Å². The van der Waals surface area contributed by atoms with Crippen LogP contribution in [0.4, 0.5) is 11.4 Å². The van der Waals surface area contributed by atoms with Crippen molar-refractivity contribution in [3.05, 3.63) is 18.2 Å². The average molecular weight is 250 g/mol. The second kappa shape index (κ2) is 6.64. The molecule has 0 aromatic heterocycles. The van der Waals surface area contributed by atoms with E-state index in [4.69, 9.17) is 4.74 Å². The van der Waals surface area contributed by atoms with Crippen molar-refractivity contribution in [2.24, 2.45) is 0 Å². The van der Waals surface area contributed by atoms with Crippen LogP contribution < -0.4 is 15.4 Å². The van der Waals surface area contributed by atoms with Crippen molar-refractivity contribution in [2.75, 3.05) is 17.2 Å². The highest BCUT2D eigenvalue weighted by Crippen LogP contribution is 2.28. The average Bonchev–Trinajstić information content (AvgIpc) is 2.26. The summed E-state index contributed by atoms with van der Waals surface area (Å²) in [5.74, 6) is 0.253. The fourth-order valence-electron chi connectivity index (χ4n) is 1.44. The van der Waals surface area contributed by atoms with E-state index in [1.54, 1.807) is 18.2 Å². The summed E-state index contributed by atoms with van der Waals surface area (Å²) in [5.41, 5.74) is 1.18. The minimum atomic E-state index is -0.184. The quantitative estimate of drug-likeness (QED) is 0.843. The van der Waals surface area contributed by atoms with Gasteiger partial charge in [0, 0.05) is 19.5 Å². The zero-order valence-electron chi connectivity index (χ0n) is 10.9. The summed E-state index contributed by atoms with van der Waals surface area (Å²) in [6.45, 7) is 5.43. The molecule has 0 saturated carbocycles. The molecule has 0 spiro atoms. The number of carbonyl (C=O) groups is 2. The zero-order valence-corrected chi connectivity index (χ0v) is 10.9. The van der Waals surface area contributed by atoms with Gasteiger partial charge in [0.2, 0.25) is 11.8 Å². The third kappa shape index (κ3) is 4.45. The summed E-state index contributed by atoms with van der Waals surface area (Å²) < 4.78 is 5.52. The zero-order chi connectivity index (χ0) is 13.5. The normalized spacial score (nSPS) is 9.72. The molecule has 18 heavy (non-hydrogen) atoms. The van der Waals surface area contributed by atoms with E-state index in [9.17, 15) is 9.59 Å². The Morgan fingerprint density at radius 2 is 1.83 bits per heavy atom. The summed E-state index contributed by atoms with van der Waals surface area (Å²) in [5, 5.41) is 5.34. The van der Waals surface area contributed by atoms with E-state index < -0.39 is 0 Å². The van der Waals surface area contributed by atoms with Crippen molar-refractivity contribution in [3.8, 4) is 5.75 Å². The summed E-state index contributed by atoms with van der Waals surface area (Å²) >= 11 is 0. The fourth-order valence-corrected chi connectivity index (χ4v) is 1.44. The van der Waals surface area contributed by atoms with Crippen molar-refractivity contribution in [3.63, 3.8) is 0 Å².